The average Bonchev–Trinajstić information content (AvgIpc) is 2.56. The lowest BCUT2D eigenvalue weighted by molar-refractivity contribution is -0.122. The van der Waals surface area contributed by atoms with Crippen LogP contribution in [0.2, 0.25) is 0 Å². The van der Waals surface area contributed by atoms with E-state index in [-0.39, 0.29) is 18.6 Å². The van der Waals surface area contributed by atoms with Crippen molar-refractivity contribution >= 4 is 5.91 Å². The van der Waals surface area contributed by atoms with Crippen molar-refractivity contribution in [3.63, 3.8) is 0 Å². The van der Waals surface area contributed by atoms with Gasteiger partial charge in [0, 0.05) is 39.3 Å². The fourth-order valence-electron chi connectivity index (χ4n) is 2.73. The van der Waals surface area contributed by atoms with E-state index in [1.807, 2.05) is 38.1 Å². The van der Waals surface area contributed by atoms with Crippen LogP contribution >= 0.6 is 0 Å². The van der Waals surface area contributed by atoms with Gasteiger partial charge in [0.05, 0.1) is 19.3 Å². The monoisotopic (exact) mass is 335 g/mol. The molecular weight excluding hydrogens is 306 g/mol. The van der Waals surface area contributed by atoms with E-state index < -0.39 is 0 Å². The largest absolute Gasteiger partial charge is 0.491 e. The summed E-state index contributed by atoms with van der Waals surface area (Å²) in [4.78, 5) is 16.4. The van der Waals surface area contributed by atoms with E-state index in [1.165, 1.54) is 0 Å². The normalized spacial score (nSPS) is 16.3. The van der Waals surface area contributed by atoms with Gasteiger partial charge in [-0.25, -0.2) is 0 Å². The Kier molecular flexibility index (Phi) is 7.49. The number of benzene rings is 1. The molecule has 1 fully saturated rings. The molecule has 0 aliphatic carbocycles. The molecule has 0 saturated carbocycles. The molecule has 2 rings (SSSR count). The summed E-state index contributed by atoms with van der Waals surface area (Å²) in [5.74, 6) is 0.897. The van der Waals surface area contributed by atoms with Crippen LogP contribution < -0.4 is 10.1 Å². The van der Waals surface area contributed by atoms with Gasteiger partial charge in [0.2, 0.25) is 5.91 Å². The zero-order valence-electron chi connectivity index (χ0n) is 14.7. The Balaban J connectivity index is 1.68. The fourth-order valence-corrected chi connectivity index (χ4v) is 2.73. The highest BCUT2D eigenvalue weighted by Gasteiger charge is 2.18. The van der Waals surface area contributed by atoms with Gasteiger partial charge in [-0.1, -0.05) is 12.1 Å². The van der Waals surface area contributed by atoms with Crippen molar-refractivity contribution in [3.05, 3.63) is 29.8 Å². The first-order valence-electron chi connectivity index (χ1n) is 8.64. The van der Waals surface area contributed by atoms with Crippen molar-refractivity contribution in [3.8, 4) is 5.75 Å². The van der Waals surface area contributed by atoms with Crippen molar-refractivity contribution in [2.45, 2.75) is 26.5 Å². The summed E-state index contributed by atoms with van der Waals surface area (Å²) >= 11 is 0. The maximum atomic E-state index is 12.1. The Hall–Kier alpha value is -1.63. The lowest BCUT2D eigenvalue weighted by atomic mass is 10.2. The number of rotatable bonds is 8. The van der Waals surface area contributed by atoms with Gasteiger partial charge in [0.25, 0.3) is 0 Å². The molecule has 1 aromatic rings. The summed E-state index contributed by atoms with van der Waals surface area (Å²) in [6, 6.07) is 7.82. The molecule has 24 heavy (non-hydrogen) atoms. The lowest BCUT2D eigenvalue weighted by Crippen LogP contribution is -2.49. The highest BCUT2D eigenvalue weighted by molar-refractivity contribution is 5.78. The van der Waals surface area contributed by atoms with Crippen LogP contribution in [0.1, 0.15) is 19.4 Å². The molecule has 1 saturated heterocycles. The van der Waals surface area contributed by atoms with Crippen LogP contribution in [0.25, 0.3) is 0 Å². The highest BCUT2D eigenvalue weighted by atomic mass is 16.5. The zero-order valence-corrected chi connectivity index (χ0v) is 14.7. The number of β-amino-alcohol motifs (C(OH)–C–C–N with tert-alkyl or cyclic N) is 1. The topological polar surface area (TPSA) is 65.0 Å². The SMILES string of the molecule is CC(C)Oc1ccc(CNC(=O)CN2CCN(CCO)CC2)cc1. The molecule has 0 bridgehead atoms. The molecule has 6 nitrogen and oxygen atoms in total. The molecule has 6 heteroatoms. The second-order valence-corrected chi connectivity index (χ2v) is 6.43. The van der Waals surface area contributed by atoms with Gasteiger partial charge in [-0.2, -0.15) is 0 Å². The Morgan fingerprint density at radius 3 is 2.38 bits per heavy atom. The molecule has 2 N–H and O–H groups in total. The molecule has 0 unspecified atom stereocenters. The number of hydrogen-bond donors (Lipinski definition) is 2. The van der Waals surface area contributed by atoms with E-state index in [2.05, 4.69) is 15.1 Å². The predicted molar refractivity (Wildman–Crippen MR) is 94.0 cm³/mol. The number of ether oxygens (including phenoxy) is 1. The van der Waals surface area contributed by atoms with E-state index >= 15 is 0 Å². The van der Waals surface area contributed by atoms with Gasteiger partial charge in [-0.05, 0) is 31.5 Å². The van der Waals surface area contributed by atoms with Gasteiger partial charge < -0.3 is 15.2 Å². The second-order valence-electron chi connectivity index (χ2n) is 6.43. The highest BCUT2D eigenvalue weighted by Crippen LogP contribution is 2.13. The Morgan fingerprint density at radius 2 is 1.79 bits per heavy atom. The molecule has 0 spiro atoms. The van der Waals surface area contributed by atoms with Gasteiger partial charge in [0.1, 0.15) is 5.75 Å². The number of nitrogens with zero attached hydrogens (tertiary/aromatic N) is 2. The van der Waals surface area contributed by atoms with Crippen molar-refractivity contribution in [1.82, 2.24) is 15.1 Å². The number of carbonyl (C=O) groups is 1. The van der Waals surface area contributed by atoms with Gasteiger partial charge in [0.15, 0.2) is 0 Å². The molecule has 0 radical (unpaired) electrons. The third-order valence-electron chi connectivity index (χ3n) is 4.03. The smallest absolute Gasteiger partial charge is 0.234 e. The number of aliphatic hydroxyl groups excluding tert-OH is 1. The fraction of sp³-hybridized carbons (Fsp3) is 0.611. The van der Waals surface area contributed by atoms with Crippen LogP contribution in [-0.2, 0) is 11.3 Å². The van der Waals surface area contributed by atoms with Crippen LogP contribution in [0.15, 0.2) is 24.3 Å². The molecule has 1 amide bonds. The van der Waals surface area contributed by atoms with Crippen molar-refractivity contribution in [2.24, 2.45) is 0 Å². The third-order valence-corrected chi connectivity index (χ3v) is 4.03. The second kappa shape index (κ2) is 9.61. The standard InChI is InChI=1S/C18H29N3O3/c1-15(2)24-17-5-3-16(4-6-17)13-19-18(23)14-21-9-7-20(8-10-21)11-12-22/h3-6,15,22H,7-14H2,1-2H3,(H,19,23). The lowest BCUT2D eigenvalue weighted by Gasteiger charge is -2.33. The first-order chi connectivity index (χ1) is 11.6. The summed E-state index contributed by atoms with van der Waals surface area (Å²) in [5, 5.41) is 11.9. The quantitative estimate of drug-likeness (QED) is 0.732. The minimum Gasteiger partial charge on any atom is -0.491 e. The average molecular weight is 335 g/mol. The number of hydrogen-bond acceptors (Lipinski definition) is 5. The van der Waals surface area contributed by atoms with E-state index in [9.17, 15) is 4.79 Å². The summed E-state index contributed by atoms with van der Waals surface area (Å²) in [5.41, 5.74) is 1.06. The third kappa shape index (κ3) is 6.47. The van der Waals surface area contributed by atoms with Gasteiger partial charge >= 0.3 is 0 Å². The predicted octanol–water partition coefficient (Wildman–Crippen LogP) is 0.700. The van der Waals surface area contributed by atoms with Crippen LogP contribution in [0.4, 0.5) is 0 Å². The first-order valence-corrected chi connectivity index (χ1v) is 8.64. The van der Waals surface area contributed by atoms with Crippen molar-refractivity contribution < 1.29 is 14.6 Å². The number of aliphatic hydroxyl groups is 1. The maximum absolute atomic E-state index is 12.1. The number of piperazine rings is 1. The molecule has 1 aliphatic rings. The maximum Gasteiger partial charge on any atom is 0.234 e. The van der Waals surface area contributed by atoms with Crippen LogP contribution in [0.3, 0.4) is 0 Å². The van der Waals surface area contributed by atoms with Gasteiger partial charge in [-0.3, -0.25) is 14.6 Å². The number of nitrogens with one attached hydrogen (secondary N) is 1. The number of carbonyl (C=O) groups excluding carboxylic acids is 1. The van der Waals surface area contributed by atoms with Crippen LogP contribution in [-0.4, -0.2) is 72.8 Å². The van der Waals surface area contributed by atoms with E-state index in [4.69, 9.17) is 9.84 Å². The zero-order chi connectivity index (χ0) is 17.4. The molecule has 0 aromatic heterocycles. The van der Waals surface area contributed by atoms with Crippen molar-refractivity contribution in [1.29, 1.82) is 0 Å². The Morgan fingerprint density at radius 1 is 1.17 bits per heavy atom. The molecule has 134 valence electrons. The summed E-state index contributed by atoms with van der Waals surface area (Å²) in [7, 11) is 0. The van der Waals surface area contributed by atoms with Crippen LogP contribution in [0.5, 0.6) is 5.75 Å². The summed E-state index contributed by atoms with van der Waals surface area (Å²) in [6.45, 7) is 9.43. The first kappa shape index (κ1) is 18.7. The molecular formula is C18H29N3O3. The summed E-state index contributed by atoms with van der Waals surface area (Å²) < 4.78 is 5.61. The minimum absolute atomic E-state index is 0.0492. The Bertz CT molecular complexity index is 497. The van der Waals surface area contributed by atoms with E-state index in [0.29, 0.717) is 13.1 Å². The van der Waals surface area contributed by atoms with E-state index in [1.54, 1.807) is 0 Å². The van der Waals surface area contributed by atoms with E-state index in [0.717, 1.165) is 44.0 Å². The molecule has 1 heterocycles. The summed E-state index contributed by atoms with van der Waals surface area (Å²) in [6.07, 6.45) is 0.161. The molecule has 1 aliphatic heterocycles. The minimum atomic E-state index is 0.0492. The number of amides is 1. The molecule has 0 atom stereocenters. The van der Waals surface area contributed by atoms with Crippen molar-refractivity contribution in [2.75, 3.05) is 45.9 Å². The molecule has 1 aromatic carbocycles. The Labute approximate surface area is 144 Å². The van der Waals surface area contributed by atoms with Gasteiger partial charge in [-0.15, -0.1) is 0 Å². The van der Waals surface area contributed by atoms with Crippen LogP contribution in [0, 0.1) is 0 Å².